The van der Waals surface area contributed by atoms with Crippen molar-refractivity contribution in [3.8, 4) is 0 Å². The molecule has 2 aromatic carbocycles. The smallest absolute Gasteiger partial charge is 0.225 e. The van der Waals surface area contributed by atoms with E-state index in [0.717, 1.165) is 83.6 Å². The zero-order chi connectivity index (χ0) is 22.2. The summed E-state index contributed by atoms with van der Waals surface area (Å²) >= 11 is 15.4. The van der Waals surface area contributed by atoms with Gasteiger partial charge in [0.15, 0.2) is 0 Å². The molecule has 2 N–H and O–H groups in total. The van der Waals surface area contributed by atoms with Crippen molar-refractivity contribution in [3.63, 3.8) is 0 Å². The Morgan fingerprint density at radius 1 is 1.00 bits per heavy atom. The third kappa shape index (κ3) is 7.04. The van der Waals surface area contributed by atoms with Crippen LogP contribution in [0.3, 0.4) is 0 Å². The van der Waals surface area contributed by atoms with Gasteiger partial charge in [0, 0.05) is 53.3 Å². The van der Waals surface area contributed by atoms with Crippen molar-refractivity contribution in [2.24, 2.45) is 10.1 Å². The molecule has 4 rings (SSSR count). The number of halogens is 2. The molecule has 0 bridgehead atoms. The van der Waals surface area contributed by atoms with Crippen LogP contribution in [-0.4, -0.2) is 66.0 Å². The predicted molar refractivity (Wildman–Crippen MR) is 139 cm³/mol. The van der Waals surface area contributed by atoms with Crippen LogP contribution in [0.2, 0.25) is 10.0 Å². The van der Waals surface area contributed by atoms with E-state index in [1.54, 1.807) is 0 Å². The summed E-state index contributed by atoms with van der Waals surface area (Å²) in [5.74, 6) is 1.72. The van der Waals surface area contributed by atoms with Crippen LogP contribution < -0.4 is 10.0 Å². The van der Waals surface area contributed by atoms with E-state index in [1.807, 2.05) is 65.5 Å². The fourth-order valence-corrected chi connectivity index (χ4v) is 5.10. The van der Waals surface area contributed by atoms with E-state index in [-0.39, 0.29) is 0 Å². The Labute approximate surface area is 208 Å². The summed E-state index contributed by atoms with van der Waals surface area (Å²) in [5.41, 5.74) is 2.14. The summed E-state index contributed by atoms with van der Waals surface area (Å²) in [4.78, 5) is 5.93. The highest BCUT2D eigenvalue weighted by Gasteiger charge is 2.20. The number of nitrogens with zero attached hydrogens (tertiary/aromatic N) is 4. The molecule has 1 fully saturated rings. The molecule has 2 heterocycles. The summed E-state index contributed by atoms with van der Waals surface area (Å²) < 4.78 is 5.82. The first-order chi connectivity index (χ1) is 15.7. The average Bonchev–Trinajstić information content (AvgIpc) is 3.31. The van der Waals surface area contributed by atoms with E-state index in [0.29, 0.717) is 0 Å². The fraction of sp³-hybridized carbons (Fsp3) is 0.364. The number of aliphatic imine (C=N–C) groups is 1. The number of hydrogen-bond donors (Lipinski definition) is 2. The number of hydrazone groups is 1. The Morgan fingerprint density at radius 2 is 1.69 bits per heavy atom. The first-order valence-electron chi connectivity index (χ1n) is 10.6. The van der Waals surface area contributed by atoms with Gasteiger partial charge in [0.05, 0.1) is 18.8 Å². The van der Waals surface area contributed by atoms with Crippen molar-refractivity contribution in [1.82, 2.24) is 19.4 Å². The molecule has 2 aliphatic rings. The molecular formula is C22H26Cl2N6S2. The van der Waals surface area contributed by atoms with E-state index in [2.05, 4.69) is 14.3 Å². The van der Waals surface area contributed by atoms with Gasteiger partial charge in [-0.3, -0.25) is 4.72 Å². The maximum absolute atomic E-state index is 6.03. The molecule has 0 spiro atoms. The van der Waals surface area contributed by atoms with Crippen molar-refractivity contribution in [3.05, 3.63) is 64.1 Å². The van der Waals surface area contributed by atoms with Gasteiger partial charge in [-0.2, -0.15) is 5.10 Å². The molecule has 0 saturated carbocycles. The molecule has 2 aromatic rings. The second-order valence-corrected chi connectivity index (χ2v) is 10.2. The van der Waals surface area contributed by atoms with Crippen LogP contribution in [0.15, 0.2) is 63.5 Å². The summed E-state index contributed by atoms with van der Waals surface area (Å²) in [6.07, 6.45) is 0.865. The Balaban J connectivity index is 1.41. The molecule has 0 radical (unpaired) electrons. The third-order valence-electron chi connectivity index (χ3n) is 5.00. The molecule has 0 amide bonds. The monoisotopic (exact) mass is 508 g/mol. The Bertz CT molecular complexity index is 930. The maximum Gasteiger partial charge on any atom is 0.225 e. The number of rotatable bonds is 7. The summed E-state index contributed by atoms with van der Waals surface area (Å²) in [6.45, 7) is 5.77. The molecule has 0 atom stereocenters. The van der Waals surface area contributed by atoms with Crippen LogP contribution >= 0.6 is 47.1 Å². The normalized spacial score (nSPS) is 17.5. The van der Waals surface area contributed by atoms with E-state index < -0.39 is 0 Å². The van der Waals surface area contributed by atoms with Gasteiger partial charge in [0.1, 0.15) is 0 Å². The summed E-state index contributed by atoms with van der Waals surface area (Å²) in [5, 5.41) is 11.6. The van der Waals surface area contributed by atoms with Crippen molar-refractivity contribution >= 4 is 58.8 Å². The fourth-order valence-electron chi connectivity index (χ4n) is 3.32. The highest BCUT2D eigenvalue weighted by Crippen LogP contribution is 2.20. The molecule has 170 valence electrons. The number of piperazine rings is 1. The van der Waals surface area contributed by atoms with Gasteiger partial charge in [-0.15, -0.1) is 0 Å². The first-order valence-corrected chi connectivity index (χ1v) is 13.1. The van der Waals surface area contributed by atoms with Crippen molar-refractivity contribution in [2.75, 3.05) is 45.0 Å². The van der Waals surface area contributed by atoms with E-state index in [9.17, 15) is 0 Å². The lowest BCUT2D eigenvalue weighted by Gasteiger charge is -2.25. The van der Waals surface area contributed by atoms with Crippen LogP contribution in [0.1, 0.15) is 12.0 Å². The van der Waals surface area contributed by atoms with Crippen molar-refractivity contribution in [2.45, 2.75) is 11.3 Å². The maximum atomic E-state index is 6.03. The van der Waals surface area contributed by atoms with E-state index in [1.165, 1.54) is 11.9 Å². The molecule has 0 aliphatic carbocycles. The Kier molecular flexibility index (Phi) is 9.01. The van der Waals surface area contributed by atoms with Gasteiger partial charge in [0.2, 0.25) is 5.96 Å². The molecule has 0 unspecified atom stereocenters. The van der Waals surface area contributed by atoms with Crippen LogP contribution in [-0.2, 0) is 0 Å². The molecule has 2 aliphatic heterocycles. The molecular weight excluding hydrogens is 483 g/mol. The zero-order valence-corrected chi connectivity index (χ0v) is 20.8. The average molecular weight is 510 g/mol. The highest BCUT2D eigenvalue weighted by atomic mass is 35.5. The van der Waals surface area contributed by atoms with Gasteiger partial charge in [-0.25, -0.2) is 14.3 Å². The van der Waals surface area contributed by atoms with Gasteiger partial charge < -0.3 is 5.32 Å². The first kappa shape index (κ1) is 23.7. The largest absolute Gasteiger partial charge is 0.314 e. The Hall–Kier alpha value is -1.42. The minimum atomic E-state index is 0.723. The Morgan fingerprint density at radius 3 is 2.41 bits per heavy atom. The van der Waals surface area contributed by atoms with Gasteiger partial charge in [0.25, 0.3) is 0 Å². The summed E-state index contributed by atoms with van der Waals surface area (Å²) in [7, 11) is 0. The lowest BCUT2D eigenvalue weighted by Crippen LogP contribution is -2.40. The zero-order valence-electron chi connectivity index (χ0n) is 17.6. The number of hydrogen-bond acceptors (Lipinski definition) is 6. The summed E-state index contributed by atoms with van der Waals surface area (Å²) in [6, 6.07) is 15.6. The lowest BCUT2D eigenvalue weighted by molar-refractivity contribution is 0.396. The third-order valence-corrected chi connectivity index (χ3v) is 7.39. The van der Waals surface area contributed by atoms with Gasteiger partial charge in [-0.05, 0) is 53.9 Å². The van der Waals surface area contributed by atoms with Crippen LogP contribution in [0.4, 0.5) is 0 Å². The molecule has 32 heavy (non-hydrogen) atoms. The molecule has 10 heteroatoms. The second-order valence-electron chi connectivity index (χ2n) is 7.30. The highest BCUT2D eigenvalue weighted by molar-refractivity contribution is 7.98. The SMILES string of the molecule is Clc1ccc(SNC(=NCCSN2CCNCC2)N2CCC(c3ccc(Cl)cc3)=N2)cc1. The quantitative estimate of drug-likeness (QED) is 0.246. The van der Waals surface area contributed by atoms with Crippen LogP contribution in [0.25, 0.3) is 0 Å². The molecule has 1 saturated heterocycles. The lowest BCUT2D eigenvalue weighted by atomic mass is 10.1. The number of nitrogens with one attached hydrogen (secondary N) is 2. The van der Waals surface area contributed by atoms with E-state index in [4.69, 9.17) is 33.3 Å². The molecule has 6 nitrogen and oxygen atoms in total. The van der Waals surface area contributed by atoms with Gasteiger partial charge >= 0.3 is 0 Å². The standard InChI is InChI=1S/C22H26Cl2N6S2/c23-18-3-1-17(2-4-18)21-9-13-30(27-21)22(28-32-20-7-5-19(24)6-8-20)26-12-16-31-29-14-10-25-11-15-29/h1-8,25H,9-16H2,(H,26,28). The minimum absolute atomic E-state index is 0.723. The van der Waals surface area contributed by atoms with Crippen molar-refractivity contribution in [1.29, 1.82) is 0 Å². The van der Waals surface area contributed by atoms with E-state index >= 15 is 0 Å². The van der Waals surface area contributed by atoms with Gasteiger partial charge in [-0.1, -0.05) is 47.3 Å². The van der Waals surface area contributed by atoms with Crippen molar-refractivity contribution < 1.29 is 0 Å². The number of benzene rings is 2. The predicted octanol–water partition coefficient (Wildman–Crippen LogP) is 4.61. The van der Waals surface area contributed by atoms with Crippen LogP contribution in [0, 0.1) is 0 Å². The molecule has 0 aromatic heterocycles. The topological polar surface area (TPSA) is 55.3 Å². The van der Waals surface area contributed by atoms with Crippen LogP contribution in [0.5, 0.6) is 0 Å². The number of guanidine groups is 1. The second kappa shape index (κ2) is 12.2. The minimum Gasteiger partial charge on any atom is -0.314 e.